The van der Waals surface area contributed by atoms with Gasteiger partial charge in [-0.05, 0) is 49.7 Å². The van der Waals surface area contributed by atoms with Crippen LogP contribution in [0.4, 0.5) is 0 Å². The van der Waals surface area contributed by atoms with Crippen LogP contribution in [0, 0.1) is 0 Å². The summed E-state index contributed by atoms with van der Waals surface area (Å²) in [4.78, 5) is 0. The zero-order valence-corrected chi connectivity index (χ0v) is 12.1. The Morgan fingerprint density at radius 1 is 1.16 bits per heavy atom. The summed E-state index contributed by atoms with van der Waals surface area (Å²) in [6.07, 6.45) is 5.36. The maximum Gasteiger partial charge on any atom is 0.0726 e. The van der Waals surface area contributed by atoms with Gasteiger partial charge in [0.15, 0.2) is 0 Å². The van der Waals surface area contributed by atoms with Gasteiger partial charge in [-0.15, -0.1) is 0 Å². The highest BCUT2D eigenvalue weighted by molar-refractivity contribution is 5.35. The first-order chi connectivity index (χ1) is 9.25. The quantitative estimate of drug-likeness (QED) is 0.892. The molecule has 0 radical (unpaired) electrons. The van der Waals surface area contributed by atoms with Gasteiger partial charge in [-0.1, -0.05) is 31.2 Å². The van der Waals surface area contributed by atoms with Crippen LogP contribution >= 0.6 is 0 Å². The summed E-state index contributed by atoms with van der Waals surface area (Å²) in [5.74, 6) is 0.701. The molecule has 0 amide bonds. The summed E-state index contributed by atoms with van der Waals surface area (Å²) in [6.45, 7) is 5.56. The van der Waals surface area contributed by atoms with Gasteiger partial charge < -0.3 is 10.1 Å². The first-order valence-electron chi connectivity index (χ1n) is 7.72. The van der Waals surface area contributed by atoms with Crippen molar-refractivity contribution in [3.05, 3.63) is 35.4 Å². The maximum absolute atomic E-state index is 5.80. The second-order valence-corrected chi connectivity index (χ2v) is 6.17. The van der Waals surface area contributed by atoms with Crippen LogP contribution < -0.4 is 5.32 Å². The number of fused-ring (bicyclic) bond motifs is 1. The first-order valence-corrected chi connectivity index (χ1v) is 7.72. The second kappa shape index (κ2) is 5.64. The lowest BCUT2D eigenvalue weighted by Crippen LogP contribution is -2.40. The summed E-state index contributed by atoms with van der Waals surface area (Å²) < 4.78 is 5.80. The smallest absolute Gasteiger partial charge is 0.0726 e. The van der Waals surface area contributed by atoms with E-state index in [-0.39, 0.29) is 0 Å². The molecule has 1 fully saturated rings. The molecule has 2 aliphatic rings. The average Bonchev–Trinajstić information content (AvgIpc) is 2.96. The largest absolute Gasteiger partial charge is 0.377 e. The molecule has 1 N–H and O–H groups in total. The predicted molar refractivity (Wildman–Crippen MR) is 78.4 cm³/mol. The minimum absolute atomic E-state index is 0.409. The van der Waals surface area contributed by atoms with E-state index in [0.717, 1.165) is 6.61 Å². The number of hydrogen-bond donors (Lipinski definition) is 1. The van der Waals surface area contributed by atoms with E-state index in [1.807, 2.05) is 0 Å². The zero-order chi connectivity index (χ0) is 13.2. The van der Waals surface area contributed by atoms with Crippen molar-refractivity contribution in [2.75, 3.05) is 6.61 Å². The molecule has 1 saturated heterocycles. The molecule has 3 rings (SSSR count). The lowest BCUT2D eigenvalue weighted by Gasteiger charge is -2.33. The summed E-state index contributed by atoms with van der Waals surface area (Å²) in [7, 11) is 0. The van der Waals surface area contributed by atoms with E-state index >= 15 is 0 Å². The fourth-order valence-corrected chi connectivity index (χ4v) is 3.60. The SMILES string of the molecule is CC1CCC(NC(C)C2CCCO2)c2ccccc21. The maximum atomic E-state index is 5.80. The van der Waals surface area contributed by atoms with Crippen molar-refractivity contribution in [1.82, 2.24) is 5.32 Å². The monoisotopic (exact) mass is 259 g/mol. The van der Waals surface area contributed by atoms with E-state index < -0.39 is 0 Å². The molecule has 0 spiro atoms. The number of benzene rings is 1. The van der Waals surface area contributed by atoms with Gasteiger partial charge in [0.2, 0.25) is 0 Å². The Bertz CT molecular complexity index is 425. The lowest BCUT2D eigenvalue weighted by atomic mass is 9.81. The molecule has 0 aromatic heterocycles. The Balaban J connectivity index is 1.73. The molecule has 1 aromatic carbocycles. The van der Waals surface area contributed by atoms with Gasteiger partial charge in [0.1, 0.15) is 0 Å². The van der Waals surface area contributed by atoms with Crippen molar-refractivity contribution in [1.29, 1.82) is 0 Å². The highest BCUT2D eigenvalue weighted by Crippen LogP contribution is 2.37. The lowest BCUT2D eigenvalue weighted by molar-refractivity contribution is 0.0785. The van der Waals surface area contributed by atoms with Crippen LogP contribution in [-0.4, -0.2) is 18.8 Å². The molecule has 1 heterocycles. The van der Waals surface area contributed by atoms with Crippen LogP contribution in [0.15, 0.2) is 24.3 Å². The van der Waals surface area contributed by atoms with Crippen molar-refractivity contribution in [2.45, 2.75) is 63.6 Å². The number of hydrogen-bond acceptors (Lipinski definition) is 2. The van der Waals surface area contributed by atoms with E-state index in [1.54, 1.807) is 0 Å². The molecule has 0 saturated carbocycles. The third-order valence-electron chi connectivity index (χ3n) is 4.78. The van der Waals surface area contributed by atoms with Crippen molar-refractivity contribution < 1.29 is 4.74 Å². The normalized spacial score (nSPS) is 32.0. The van der Waals surface area contributed by atoms with Gasteiger partial charge in [0.05, 0.1) is 6.10 Å². The van der Waals surface area contributed by atoms with Gasteiger partial charge in [0.25, 0.3) is 0 Å². The first kappa shape index (κ1) is 13.1. The molecule has 0 bridgehead atoms. The molecule has 19 heavy (non-hydrogen) atoms. The zero-order valence-electron chi connectivity index (χ0n) is 12.1. The Morgan fingerprint density at radius 3 is 2.68 bits per heavy atom. The molecular formula is C17H25NO. The third-order valence-corrected chi connectivity index (χ3v) is 4.78. The van der Waals surface area contributed by atoms with E-state index in [4.69, 9.17) is 4.74 Å². The van der Waals surface area contributed by atoms with Crippen LogP contribution in [0.2, 0.25) is 0 Å². The molecule has 4 atom stereocenters. The highest BCUT2D eigenvalue weighted by Gasteiger charge is 2.28. The predicted octanol–water partition coefficient (Wildman–Crippen LogP) is 3.78. The summed E-state index contributed by atoms with van der Waals surface area (Å²) >= 11 is 0. The minimum Gasteiger partial charge on any atom is -0.377 e. The van der Waals surface area contributed by atoms with Crippen LogP contribution in [0.25, 0.3) is 0 Å². The number of ether oxygens (including phenoxy) is 1. The molecule has 1 aromatic rings. The molecule has 1 aliphatic carbocycles. The van der Waals surface area contributed by atoms with Crippen LogP contribution in [0.3, 0.4) is 0 Å². The van der Waals surface area contributed by atoms with Gasteiger partial charge in [-0.3, -0.25) is 0 Å². The van der Waals surface area contributed by atoms with Crippen molar-refractivity contribution in [2.24, 2.45) is 0 Å². The highest BCUT2D eigenvalue weighted by atomic mass is 16.5. The Hall–Kier alpha value is -0.860. The Morgan fingerprint density at radius 2 is 1.95 bits per heavy atom. The topological polar surface area (TPSA) is 21.3 Å². The molecule has 2 nitrogen and oxygen atoms in total. The van der Waals surface area contributed by atoms with Crippen molar-refractivity contribution in [3.8, 4) is 0 Å². The minimum atomic E-state index is 0.409. The Kier molecular flexibility index (Phi) is 3.90. The number of rotatable bonds is 3. The van der Waals surface area contributed by atoms with E-state index in [9.17, 15) is 0 Å². The van der Waals surface area contributed by atoms with Crippen molar-refractivity contribution >= 4 is 0 Å². The summed E-state index contributed by atoms with van der Waals surface area (Å²) in [6, 6.07) is 9.89. The molecule has 1 aliphatic heterocycles. The van der Waals surface area contributed by atoms with E-state index in [2.05, 4.69) is 43.4 Å². The second-order valence-electron chi connectivity index (χ2n) is 6.17. The van der Waals surface area contributed by atoms with Gasteiger partial charge in [-0.2, -0.15) is 0 Å². The molecular weight excluding hydrogens is 234 g/mol. The molecule has 4 unspecified atom stereocenters. The fourth-order valence-electron chi connectivity index (χ4n) is 3.60. The van der Waals surface area contributed by atoms with E-state index in [0.29, 0.717) is 24.1 Å². The Labute approximate surface area is 116 Å². The van der Waals surface area contributed by atoms with Gasteiger partial charge in [-0.25, -0.2) is 0 Å². The molecule has 104 valence electrons. The van der Waals surface area contributed by atoms with Crippen molar-refractivity contribution in [3.63, 3.8) is 0 Å². The fraction of sp³-hybridized carbons (Fsp3) is 0.647. The summed E-state index contributed by atoms with van der Waals surface area (Å²) in [5, 5.41) is 3.81. The molecule has 2 heteroatoms. The van der Waals surface area contributed by atoms with Crippen LogP contribution in [-0.2, 0) is 4.74 Å². The van der Waals surface area contributed by atoms with Crippen LogP contribution in [0.5, 0.6) is 0 Å². The third kappa shape index (κ3) is 2.70. The summed E-state index contributed by atoms with van der Waals surface area (Å²) in [5.41, 5.74) is 3.04. The van der Waals surface area contributed by atoms with Gasteiger partial charge in [0, 0.05) is 18.7 Å². The average molecular weight is 259 g/mol. The number of nitrogens with one attached hydrogen (secondary N) is 1. The van der Waals surface area contributed by atoms with Crippen LogP contribution in [0.1, 0.15) is 62.6 Å². The van der Waals surface area contributed by atoms with E-state index in [1.165, 1.54) is 36.8 Å². The standard InChI is InChI=1S/C17H25NO/c1-12-9-10-16(15-7-4-3-6-14(12)15)18-13(2)17-8-5-11-19-17/h3-4,6-7,12-13,16-18H,5,8-11H2,1-2H3. The van der Waals surface area contributed by atoms with Gasteiger partial charge >= 0.3 is 0 Å².